The molecule has 0 unspecified atom stereocenters. The molecule has 2 aromatic carbocycles. The highest BCUT2D eigenvalue weighted by molar-refractivity contribution is 6.46. The quantitative estimate of drug-likeness (QED) is 0.224. The average molecular weight is 452 g/mol. The van der Waals surface area contributed by atoms with Gasteiger partial charge in [0.25, 0.3) is 17.4 Å². The summed E-state index contributed by atoms with van der Waals surface area (Å²) in [4.78, 5) is 38.2. The number of amides is 1. The number of ketones is 1. The largest absolute Gasteiger partial charge is 0.507 e. The van der Waals surface area contributed by atoms with E-state index in [1.165, 1.54) is 23.1 Å². The molecular weight excluding hydrogens is 428 g/mol. The second kappa shape index (κ2) is 9.41. The molecule has 0 saturated carbocycles. The van der Waals surface area contributed by atoms with Crippen molar-refractivity contribution in [3.63, 3.8) is 0 Å². The van der Waals surface area contributed by atoms with Gasteiger partial charge < -0.3 is 19.5 Å². The lowest BCUT2D eigenvalue weighted by Gasteiger charge is -2.27. The third-order valence-corrected chi connectivity index (χ3v) is 5.80. The molecule has 9 nitrogen and oxygen atoms in total. The van der Waals surface area contributed by atoms with Gasteiger partial charge in [0.1, 0.15) is 11.5 Å². The summed E-state index contributed by atoms with van der Waals surface area (Å²) < 4.78 is 11.1. The number of aliphatic hydroxyl groups excluding tert-OH is 1. The van der Waals surface area contributed by atoms with Crippen LogP contribution in [0.25, 0.3) is 5.76 Å². The zero-order valence-corrected chi connectivity index (χ0v) is 18.1. The Labute approximate surface area is 190 Å². The Hall–Kier alpha value is -3.72. The predicted octanol–water partition coefficient (Wildman–Crippen LogP) is 3.59. The van der Waals surface area contributed by atoms with Gasteiger partial charge in [0.05, 0.1) is 29.2 Å². The summed E-state index contributed by atoms with van der Waals surface area (Å²) in [5.74, 6) is -1.35. The van der Waals surface area contributed by atoms with Crippen molar-refractivity contribution in [3.8, 4) is 5.75 Å². The second-order valence-corrected chi connectivity index (χ2v) is 7.90. The van der Waals surface area contributed by atoms with Crippen LogP contribution in [-0.4, -0.2) is 52.5 Å². The summed E-state index contributed by atoms with van der Waals surface area (Å²) >= 11 is 0. The zero-order valence-electron chi connectivity index (χ0n) is 18.1. The molecule has 0 aromatic heterocycles. The Bertz CT molecular complexity index is 1100. The minimum absolute atomic E-state index is 0.109. The van der Waals surface area contributed by atoms with Gasteiger partial charge in [0, 0.05) is 30.8 Å². The molecule has 33 heavy (non-hydrogen) atoms. The molecule has 2 aliphatic rings. The maximum Gasteiger partial charge on any atom is 0.295 e. The number of non-ortho nitro benzene ring substituents is 1. The van der Waals surface area contributed by atoms with Gasteiger partial charge in [-0.3, -0.25) is 19.7 Å². The number of rotatable bonds is 7. The van der Waals surface area contributed by atoms with Crippen molar-refractivity contribution in [1.29, 1.82) is 0 Å². The topological polar surface area (TPSA) is 119 Å². The number of benzene rings is 2. The van der Waals surface area contributed by atoms with E-state index >= 15 is 0 Å². The van der Waals surface area contributed by atoms with Gasteiger partial charge in [0.2, 0.25) is 0 Å². The molecular formula is C24H24N2O7. The lowest BCUT2D eigenvalue weighted by molar-refractivity contribution is -0.384. The maximum atomic E-state index is 13.1. The highest BCUT2D eigenvalue weighted by Gasteiger charge is 2.47. The summed E-state index contributed by atoms with van der Waals surface area (Å²) in [5, 5.41) is 22.4. The van der Waals surface area contributed by atoms with E-state index in [2.05, 4.69) is 0 Å². The van der Waals surface area contributed by atoms with E-state index < -0.39 is 22.7 Å². The molecule has 2 aromatic rings. The van der Waals surface area contributed by atoms with E-state index in [9.17, 15) is 24.8 Å². The van der Waals surface area contributed by atoms with Crippen LogP contribution in [0.3, 0.4) is 0 Å². The molecule has 2 saturated heterocycles. The van der Waals surface area contributed by atoms with E-state index in [0.717, 1.165) is 12.8 Å². The fourth-order valence-corrected chi connectivity index (χ4v) is 4.26. The van der Waals surface area contributed by atoms with Crippen LogP contribution >= 0.6 is 0 Å². The molecule has 2 heterocycles. The third kappa shape index (κ3) is 4.45. The van der Waals surface area contributed by atoms with E-state index in [-0.39, 0.29) is 29.7 Å². The van der Waals surface area contributed by atoms with Crippen molar-refractivity contribution >= 4 is 23.1 Å². The van der Waals surface area contributed by atoms with Crippen molar-refractivity contribution in [2.75, 3.05) is 19.8 Å². The van der Waals surface area contributed by atoms with Gasteiger partial charge in [-0.15, -0.1) is 0 Å². The molecule has 2 atom stereocenters. The second-order valence-electron chi connectivity index (χ2n) is 7.90. The lowest BCUT2D eigenvalue weighted by Crippen LogP contribution is -2.36. The first-order chi connectivity index (χ1) is 15.9. The number of nitrogens with zero attached hydrogens (tertiary/aromatic N) is 2. The Morgan fingerprint density at radius 1 is 1.24 bits per heavy atom. The van der Waals surface area contributed by atoms with Crippen molar-refractivity contribution in [2.24, 2.45) is 0 Å². The van der Waals surface area contributed by atoms with Crippen LogP contribution in [-0.2, 0) is 14.3 Å². The zero-order chi connectivity index (χ0) is 23.5. The summed E-state index contributed by atoms with van der Waals surface area (Å²) in [5.41, 5.74) is 0.428. The summed E-state index contributed by atoms with van der Waals surface area (Å²) in [6.07, 6.45) is 1.35. The summed E-state index contributed by atoms with van der Waals surface area (Å²) in [6, 6.07) is 11.3. The number of ether oxygens (including phenoxy) is 2. The molecule has 9 heteroatoms. The lowest BCUT2D eigenvalue weighted by atomic mass is 9.95. The fourth-order valence-electron chi connectivity index (χ4n) is 4.26. The highest BCUT2D eigenvalue weighted by atomic mass is 16.6. The SMILES string of the molecule is CCOc1ccc(C(O)=C2C(=O)C(=O)N(C[C@@H]3CCCO3)[C@@H]2c2cccc([N+](=O)[O-])c2)cc1. The molecule has 0 spiro atoms. The molecule has 2 aliphatic heterocycles. The smallest absolute Gasteiger partial charge is 0.295 e. The van der Waals surface area contributed by atoms with Gasteiger partial charge in [-0.25, -0.2) is 0 Å². The van der Waals surface area contributed by atoms with Crippen LogP contribution in [0.15, 0.2) is 54.1 Å². The first-order valence-electron chi connectivity index (χ1n) is 10.8. The number of nitro groups is 1. The van der Waals surface area contributed by atoms with E-state index in [1.54, 1.807) is 30.3 Å². The van der Waals surface area contributed by atoms with Gasteiger partial charge in [-0.1, -0.05) is 12.1 Å². The van der Waals surface area contributed by atoms with E-state index in [4.69, 9.17) is 9.47 Å². The molecule has 0 bridgehead atoms. The summed E-state index contributed by atoms with van der Waals surface area (Å²) in [6.45, 7) is 3.05. The van der Waals surface area contributed by atoms with E-state index in [1.807, 2.05) is 6.92 Å². The molecule has 1 N–H and O–H groups in total. The average Bonchev–Trinajstić information content (AvgIpc) is 3.42. The molecule has 2 fully saturated rings. The third-order valence-electron chi connectivity index (χ3n) is 5.80. The first kappa shape index (κ1) is 22.5. The number of carbonyl (C=O) groups excluding carboxylic acids is 2. The Morgan fingerprint density at radius 2 is 2.00 bits per heavy atom. The molecule has 0 radical (unpaired) electrons. The van der Waals surface area contributed by atoms with Crippen molar-refractivity contribution in [2.45, 2.75) is 31.9 Å². The molecule has 4 rings (SSSR count). The number of hydrogen-bond acceptors (Lipinski definition) is 7. The van der Waals surface area contributed by atoms with Crippen LogP contribution in [0, 0.1) is 10.1 Å². The van der Waals surface area contributed by atoms with E-state index in [0.29, 0.717) is 30.1 Å². The number of carbonyl (C=O) groups is 2. The van der Waals surface area contributed by atoms with Crippen LogP contribution < -0.4 is 4.74 Å². The Morgan fingerprint density at radius 3 is 2.64 bits per heavy atom. The van der Waals surface area contributed by atoms with Gasteiger partial charge in [-0.2, -0.15) is 0 Å². The van der Waals surface area contributed by atoms with Gasteiger partial charge >= 0.3 is 0 Å². The molecule has 172 valence electrons. The number of likely N-dealkylation sites (tertiary alicyclic amines) is 1. The first-order valence-corrected chi connectivity index (χ1v) is 10.8. The minimum Gasteiger partial charge on any atom is -0.507 e. The van der Waals surface area contributed by atoms with Crippen LogP contribution in [0.1, 0.15) is 36.9 Å². The Balaban J connectivity index is 1.81. The highest BCUT2D eigenvalue weighted by Crippen LogP contribution is 2.41. The number of Topliss-reactive ketones (excluding diaryl/α,β-unsaturated/α-hetero) is 1. The molecule has 1 amide bonds. The monoisotopic (exact) mass is 452 g/mol. The number of hydrogen-bond donors (Lipinski definition) is 1. The van der Waals surface area contributed by atoms with Gasteiger partial charge in [-0.05, 0) is 49.6 Å². The Kier molecular flexibility index (Phi) is 6.41. The van der Waals surface area contributed by atoms with Gasteiger partial charge in [0.15, 0.2) is 0 Å². The van der Waals surface area contributed by atoms with Crippen LogP contribution in [0.5, 0.6) is 5.75 Å². The summed E-state index contributed by atoms with van der Waals surface area (Å²) in [7, 11) is 0. The number of aliphatic hydroxyl groups is 1. The van der Waals surface area contributed by atoms with Crippen molar-refractivity contribution in [1.82, 2.24) is 4.90 Å². The van der Waals surface area contributed by atoms with Crippen LogP contribution in [0.2, 0.25) is 0 Å². The van der Waals surface area contributed by atoms with Crippen molar-refractivity contribution in [3.05, 3.63) is 75.3 Å². The minimum atomic E-state index is -0.972. The maximum absolute atomic E-state index is 13.1. The van der Waals surface area contributed by atoms with Crippen LogP contribution in [0.4, 0.5) is 5.69 Å². The van der Waals surface area contributed by atoms with Crippen molar-refractivity contribution < 1.29 is 29.1 Å². The molecule has 0 aliphatic carbocycles. The fraction of sp³-hybridized carbons (Fsp3) is 0.333. The standard InChI is InChI=1S/C24H24N2O7/c1-2-32-18-10-8-15(9-11-18)22(27)20-21(16-5-3-6-17(13-16)26(30)31)25(24(29)23(20)28)14-19-7-4-12-33-19/h3,5-6,8-11,13,19,21,27H,2,4,7,12,14H2,1H3/t19-,21+/m0/s1. The normalized spacial score (nSPS) is 22.0. The predicted molar refractivity (Wildman–Crippen MR) is 119 cm³/mol. The number of nitro benzene ring substituents is 1.